The van der Waals surface area contributed by atoms with Crippen molar-refractivity contribution in [2.75, 3.05) is 0 Å². The maximum atomic E-state index is 9.67. The quantitative estimate of drug-likeness (QED) is 0.735. The number of hydrogen-bond acceptors (Lipinski definition) is 4. The molecule has 2 N–H and O–H groups in total. The minimum Gasteiger partial charge on any atom is -0.440 e. The molecule has 4 nitrogen and oxygen atoms in total. The minimum atomic E-state index is -0.326. The molecule has 1 aliphatic rings. The first-order valence-electron chi connectivity index (χ1n) is 7.82. The molecule has 1 heterocycles. The Morgan fingerprint density at radius 1 is 0.880 bits per heavy atom. The lowest BCUT2D eigenvalue weighted by atomic mass is 9.81. The molecule has 0 spiro atoms. The highest BCUT2D eigenvalue weighted by molar-refractivity contribution is 5.90. The van der Waals surface area contributed by atoms with Crippen molar-refractivity contribution >= 4 is 10.8 Å². The normalized spacial score (nSPS) is 15.8. The molecule has 0 radical (unpaired) electrons. The van der Waals surface area contributed by atoms with Gasteiger partial charge in [0.05, 0.1) is 17.6 Å². The second-order valence-corrected chi connectivity index (χ2v) is 5.86. The van der Waals surface area contributed by atoms with Crippen LogP contribution < -0.4 is 10.5 Å². The van der Waals surface area contributed by atoms with Crippen molar-refractivity contribution in [1.29, 1.82) is 10.5 Å². The van der Waals surface area contributed by atoms with Gasteiger partial charge in [-0.25, -0.2) is 0 Å². The summed E-state index contributed by atoms with van der Waals surface area (Å²) in [6.07, 6.45) is 0. The number of fused-ring (bicyclic) bond motifs is 3. The molecule has 0 aromatic heterocycles. The lowest BCUT2D eigenvalue weighted by Crippen LogP contribution is -2.21. The van der Waals surface area contributed by atoms with E-state index in [0.29, 0.717) is 16.9 Å². The van der Waals surface area contributed by atoms with Gasteiger partial charge >= 0.3 is 0 Å². The van der Waals surface area contributed by atoms with E-state index >= 15 is 0 Å². The van der Waals surface area contributed by atoms with E-state index in [-0.39, 0.29) is 11.8 Å². The van der Waals surface area contributed by atoms with Gasteiger partial charge in [-0.2, -0.15) is 10.5 Å². The molecule has 0 saturated carbocycles. The Bertz CT molecular complexity index is 1100. The highest BCUT2D eigenvalue weighted by atomic mass is 16.5. The number of benzene rings is 3. The molecule has 0 bridgehead atoms. The first kappa shape index (κ1) is 14.8. The summed E-state index contributed by atoms with van der Waals surface area (Å²) in [5.74, 6) is 0.455. The molecular weight excluding hydrogens is 310 g/mol. The number of ether oxygens (including phenoxy) is 1. The van der Waals surface area contributed by atoms with Gasteiger partial charge in [0.1, 0.15) is 17.4 Å². The van der Waals surface area contributed by atoms with Gasteiger partial charge in [-0.1, -0.05) is 42.5 Å². The molecule has 0 aliphatic carbocycles. The van der Waals surface area contributed by atoms with Crippen LogP contribution >= 0.6 is 0 Å². The molecule has 3 aromatic rings. The summed E-state index contributed by atoms with van der Waals surface area (Å²) >= 11 is 0. The smallest absolute Gasteiger partial charge is 0.205 e. The molecule has 25 heavy (non-hydrogen) atoms. The molecule has 118 valence electrons. The van der Waals surface area contributed by atoms with E-state index in [2.05, 4.69) is 12.1 Å². The number of rotatable bonds is 1. The van der Waals surface area contributed by atoms with E-state index in [1.54, 1.807) is 12.1 Å². The van der Waals surface area contributed by atoms with E-state index in [1.165, 1.54) is 0 Å². The van der Waals surface area contributed by atoms with E-state index in [0.717, 1.165) is 21.9 Å². The molecule has 3 aromatic carbocycles. The average Bonchev–Trinajstić information content (AvgIpc) is 2.66. The molecule has 4 heteroatoms. The van der Waals surface area contributed by atoms with Crippen molar-refractivity contribution in [3.63, 3.8) is 0 Å². The Morgan fingerprint density at radius 3 is 2.36 bits per heavy atom. The lowest BCUT2D eigenvalue weighted by molar-refractivity contribution is 0.395. The number of nitrogens with zero attached hydrogens (tertiary/aromatic N) is 2. The van der Waals surface area contributed by atoms with E-state index in [9.17, 15) is 5.26 Å². The zero-order valence-electron chi connectivity index (χ0n) is 13.2. The fourth-order valence-corrected chi connectivity index (χ4v) is 3.33. The molecule has 4 rings (SSSR count). The highest BCUT2D eigenvalue weighted by Gasteiger charge is 2.32. The van der Waals surface area contributed by atoms with Gasteiger partial charge in [-0.05, 0) is 34.5 Å². The van der Waals surface area contributed by atoms with Crippen molar-refractivity contribution in [1.82, 2.24) is 0 Å². The summed E-state index contributed by atoms with van der Waals surface area (Å²) in [6, 6.07) is 23.4. The molecule has 0 amide bonds. The summed E-state index contributed by atoms with van der Waals surface area (Å²) in [5, 5.41) is 20.8. The maximum absolute atomic E-state index is 9.67. The Balaban J connectivity index is 2.02. The highest BCUT2D eigenvalue weighted by Crippen LogP contribution is 2.45. The Labute approximate surface area is 145 Å². The van der Waals surface area contributed by atoms with Crippen molar-refractivity contribution < 1.29 is 4.74 Å². The van der Waals surface area contributed by atoms with Crippen LogP contribution in [0.25, 0.3) is 10.8 Å². The van der Waals surface area contributed by atoms with Crippen LogP contribution in [0.2, 0.25) is 0 Å². The van der Waals surface area contributed by atoms with Crippen LogP contribution in [-0.2, 0) is 0 Å². The number of allylic oxidation sites excluding steroid dienone is 1. The zero-order valence-corrected chi connectivity index (χ0v) is 13.2. The van der Waals surface area contributed by atoms with Crippen molar-refractivity contribution in [2.45, 2.75) is 5.92 Å². The van der Waals surface area contributed by atoms with Crippen LogP contribution in [-0.4, -0.2) is 0 Å². The van der Waals surface area contributed by atoms with Crippen molar-refractivity contribution in [3.05, 3.63) is 88.8 Å². The standard InChI is InChI=1S/C21H13N3O/c22-11-13-5-7-15(8-6-13)19-17(12-23)21(24)25-18-10-9-14-3-1-2-4-16(14)20(18)19/h1-10,19H,24H2/t19-/m1/s1. The van der Waals surface area contributed by atoms with Crippen molar-refractivity contribution in [2.24, 2.45) is 5.73 Å². The third-order valence-electron chi connectivity index (χ3n) is 4.49. The third kappa shape index (κ3) is 2.29. The predicted molar refractivity (Wildman–Crippen MR) is 94.4 cm³/mol. The molecule has 0 unspecified atom stereocenters. The van der Waals surface area contributed by atoms with Gasteiger partial charge in [0.15, 0.2) is 0 Å². The van der Waals surface area contributed by atoms with E-state index in [1.807, 2.05) is 48.5 Å². The zero-order chi connectivity index (χ0) is 17.4. The minimum absolute atomic E-state index is 0.125. The first-order chi connectivity index (χ1) is 12.2. The van der Waals surface area contributed by atoms with Crippen LogP contribution in [0.1, 0.15) is 22.6 Å². The second-order valence-electron chi connectivity index (χ2n) is 5.86. The summed E-state index contributed by atoms with van der Waals surface area (Å²) in [7, 11) is 0. The van der Waals surface area contributed by atoms with Gasteiger partial charge in [-0.3, -0.25) is 0 Å². The summed E-state index contributed by atoms with van der Waals surface area (Å²) < 4.78 is 5.72. The van der Waals surface area contributed by atoms with Crippen LogP contribution in [0.4, 0.5) is 0 Å². The van der Waals surface area contributed by atoms with Crippen LogP contribution in [0, 0.1) is 22.7 Å². The maximum Gasteiger partial charge on any atom is 0.205 e. The second kappa shape index (κ2) is 5.70. The molecular formula is C21H13N3O. The van der Waals surface area contributed by atoms with Gasteiger partial charge < -0.3 is 10.5 Å². The SMILES string of the molecule is N#CC1=C(N)Oc2ccc3ccccc3c2[C@@H]1c1ccc(C#N)cc1. The largest absolute Gasteiger partial charge is 0.440 e. The summed E-state index contributed by atoms with van der Waals surface area (Å²) in [5.41, 5.74) is 8.80. The van der Waals surface area contributed by atoms with Crippen LogP contribution in [0.3, 0.4) is 0 Å². The molecule has 0 saturated heterocycles. The Kier molecular flexibility index (Phi) is 3.38. The van der Waals surface area contributed by atoms with Crippen molar-refractivity contribution in [3.8, 4) is 17.9 Å². The molecule has 0 fully saturated rings. The number of nitriles is 2. The monoisotopic (exact) mass is 323 g/mol. The van der Waals surface area contributed by atoms with Gasteiger partial charge in [0.25, 0.3) is 0 Å². The molecule has 1 aliphatic heterocycles. The van der Waals surface area contributed by atoms with Crippen LogP contribution in [0.15, 0.2) is 72.1 Å². The first-order valence-corrected chi connectivity index (χ1v) is 7.82. The fourth-order valence-electron chi connectivity index (χ4n) is 3.33. The average molecular weight is 323 g/mol. The summed E-state index contributed by atoms with van der Waals surface area (Å²) in [4.78, 5) is 0. The fraction of sp³-hybridized carbons (Fsp3) is 0.0476. The number of hydrogen-bond donors (Lipinski definition) is 1. The van der Waals surface area contributed by atoms with Gasteiger partial charge in [-0.15, -0.1) is 0 Å². The molecule has 1 atom stereocenters. The summed E-state index contributed by atoms with van der Waals surface area (Å²) in [6.45, 7) is 0. The van der Waals surface area contributed by atoms with Crippen LogP contribution in [0.5, 0.6) is 5.75 Å². The predicted octanol–water partition coefficient (Wildman–Crippen LogP) is 3.93. The third-order valence-corrected chi connectivity index (χ3v) is 4.49. The van der Waals surface area contributed by atoms with Gasteiger partial charge in [0, 0.05) is 5.56 Å². The van der Waals surface area contributed by atoms with E-state index in [4.69, 9.17) is 15.7 Å². The van der Waals surface area contributed by atoms with Gasteiger partial charge in [0.2, 0.25) is 5.88 Å². The number of nitrogens with two attached hydrogens (primary N) is 1. The lowest BCUT2D eigenvalue weighted by Gasteiger charge is -2.27. The van der Waals surface area contributed by atoms with E-state index < -0.39 is 0 Å². The topological polar surface area (TPSA) is 82.8 Å². The Hall–Kier alpha value is -3.76. The Morgan fingerprint density at radius 2 is 1.64 bits per heavy atom.